The SMILES string of the molecule is Cn1c(NCCCCCCNc2c3c(nc4cc(Cl)ccc24)CCCC3)nc(-c2ccncc2)cc1=O. The number of anilines is 2. The molecular formula is C29H33ClN6O. The fourth-order valence-corrected chi connectivity index (χ4v) is 5.15. The van der Waals surface area contributed by atoms with E-state index in [4.69, 9.17) is 16.6 Å². The van der Waals surface area contributed by atoms with Crippen molar-refractivity contribution >= 4 is 34.1 Å². The minimum absolute atomic E-state index is 0.0801. The van der Waals surface area contributed by atoms with Crippen LogP contribution in [0.15, 0.2) is 53.6 Å². The molecule has 0 amide bonds. The number of halogens is 1. The fourth-order valence-electron chi connectivity index (χ4n) is 4.99. The first-order valence-corrected chi connectivity index (χ1v) is 13.5. The zero-order valence-electron chi connectivity index (χ0n) is 21.3. The van der Waals surface area contributed by atoms with Crippen LogP contribution in [0, 0.1) is 0 Å². The number of rotatable bonds is 10. The second kappa shape index (κ2) is 11.7. The van der Waals surface area contributed by atoms with Crippen molar-refractivity contribution < 1.29 is 0 Å². The summed E-state index contributed by atoms with van der Waals surface area (Å²) in [5.41, 5.74) is 6.31. The number of pyridine rings is 2. The number of aryl methyl sites for hydroxylation is 1. The molecule has 0 unspecified atom stereocenters. The molecule has 7 nitrogen and oxygen atoms in total. The molecule has 1 aromatic carbocycles. The van der Waals surface area contributed by atoms with Crippen LogP contribution in [-0.4, -0.2) is 32.6 Å². The number of fused-ring (bicyclic) bond motifs is 2. The Morgan fingerprint density at radius 1 is 0.919 bits per heavy atom. The van der Waals surface area contributed by atoms with Crippen molar-refractivity contribution in [1.82, 2.24) is 19.5 Å². The van der Waals surface area contributed by atoms with Crippen LogP contribution >= 0.6 is 11.6 Å². The van der Waals surface area contributed by atoms with Gasteiger partial charge in [0.15, 0.2) is 0 Å². The molecule has 37 heavy (non-hydrogen) atoms. The quantitative estimate of drug-likeness (QED) is 0.251. The van der Waals surface area contributed by atoms with Crippen LogP contribution < -0.4 is 16.2 Å². The van der Waals surface area contributed by atoms with E-state index in [1.54, 1.807) is 30.1 Å². The Hall–Kier alpha value is -3.45. The van der Waals surface area contributed by atoms with Gasteiger partial charge < -0.3 is 10.6 Å². The maximum Gasteiger partial charge on any atom is 0.255 e. The van der Waals surface area contributed by atoms with Crippen molar-refractivity contribution in [3.63, 3.8) is 0 Å². The van der Waals surface area contributed by atoms with Gasteiger partial charge in [0.2, 0.25) is 5.95 Å². The minimum atomic E-state index is -0.0801. The Balaban J connectivity index is 1.12. The summed E-state index contributed by atoms with van der Waals surface area (Å²) in [5.74, 6) is 0.593. The van der Waals surface area contributed by atoms with E-state index in [1.807, 2.05) is 24.3 Å². The zero-order valence-corrected chi connectivity index (χ0v) is 22.0. The van der Waals surface area contributed by atoms with E-state index in [0.717, 1.165) is 67.7 Å². The van der Waals surface area contributed by atoms with E-state index in [-0.39, 0.29) is 5.56 Å². The average molecular weight is 517 g/mol. The Kier molecular flexibility index (Phi) is 7.99. The van der Waals surface area contributed by atoms with Gasteiger partial charge in [0.05, 0.1) is 11.2 Å². The molecule has 2 N–H and O–H groups in total. The Labute approximate surface area is 222 Å². The number of aromatic nitrogens is 4. The first-order valence-electron chi connectivity index (χ1n) is 13.2. The van der Waals surface area contributed by atoms with Crippen LogP contribution in [0.1, 0.15) is 49.8 Å². The Morgan fingerprint density at radius 3 is 2.49 bits per heavy atom. The molecule has 0 saturated heterocycles. The Bertz CT molecular complexity index is 1440. The monoisotopic (exact) mass is 516 g/mol. The molecule has 1 aliphatic rings. The minimum Gasteiger partial charge on any atom is -0.384 e. The van der Waals surface area contributed by atoms with Crippen molar-refractivity contribution in [2.45, 2.75) is 51.4 Å². The highest BCUT2D eigenvalue weighted by atomic mass is 35.5. The molecule has 8 heteroatoms. The van der Waals surface area contributed by atoms with E-state index >= 15 is 0 Å². The molecule has 3 heterocycles. The standard InChI is InChI=1S/C29H33ClN6O/c1-36-27(37)19-25(20-12-16-31-17-13-20)35-29(36)33-15-7-3-2-6-14-32-28-22-8-4-5-9-24(22)34-26-18-21(30)10-11-23(26)28/h10-13,16-19H,2-9,14-15H2,1H3,(H,32,34)(H,33,35). The molecule has 0 saturated carbocycles. The lowest BCUT2D eigenvalue weighted by Crippen LogP contribution is -2.22. The van der Waals surface area contributed by atoms with E-state index in [2.05, 4.69) is 26.7 Å². The van der Waals surface area contributed by atoms with Gasteiger partial charge in [0, 0.05) is 66.0 Å². The highest BCUT2D eigenvalue weighted by Crippen LogP contribution is 2.34. The number of benzene rings is 1. The van der Waals surface area contributed by atoms with Gasteiger partial charge in [-0.05, 0) is 74.4 Å². The summed E-state index contributed by atoms with van der Waals surface area (Å²) in [4.78, 5) is 26.0. The first kappa shape index (κ1) is 25.2. The lowest BCUT2D eigenvalue weighted by Gasteiger charge is -2.22. The number of unbranched alkanes of at least 4 members (excludes halogenated alkanes) is 3. The summed E-state index contributed by atoms with van der Waals surface area (Å²) in [6.45, 7) is 1.71. The summed E-state index contributed by atoms with van der Waals surface area (Å²) < 4.78 is 1.56. The van der Waals surface area contributed by atoms with Gasteiger partial charge in [-0.1, -0.05) is 24.4 Å². The van der Waals surface area contributed by atoms with Crippen LogP contribution in [0.3, 0.4) is 0 Å². The van der Waals surface area contributed by atoms with Gasteiger partial charge in [-0.3, -0.25) is 19.3 Å². The third-order valence-corrected chi connectivity index (χ3v) is 7.26. The van der Waals surface area contributed by atoms with E-state index < -0.39 is 0 Å². The molecule has 5 rings (SSSR count). The van der Waals surface area contributed by atoms with Gasteiger partial charge in [0.25, 0.3) is 5.56 Å². The van der Waals surface area contributed by atoms with Crippen LogP contribution in [0.2, 0.25) is 5.02 Å². The molecule has 1 aliphatic carbocycles. The summed E-state index contributed by atoms with van der Waals surface area (Å²) in [6, 6.07) is 11.3. The maximum absolute atomic E-state index is 12.4. The van der Waals surface area contributed by atoms with Crippen molar-refractivity contribution in [2.24, 2.45) is 7.05 Å². The number of hydrogen-bond donors (Lipinski definition) is 2. The van der Waals surface area contributed by atoms with Crippen molar-refractivity contribution in [2.75, 3.05) is 23.7 Å². The van der Waals surface area contributed by atoms with E-state index in [9.17, 15) is 4.79 Å². The normalized spacial score (nSPS) is 12.9. The number of nitrogens with zero attached hydrogens (tertiary/aromatic N) is 4. The molecule has 0 bridgehead atoms. The highest BCUT2D eigenvalue weighted by Gasteiger charge is 2.18. The second-order valence-electron chi connectivity index (χ2n) is 9.65. The summed E-state index contributed by atoms with van der Waals surface area (Å²) >= 11 is 6.24. The van der Waals surface area contributed by atoms with Gasteiger partial charge in [0.1, 0.15) is 0 Å². The molecule has 0 aliphatic heterocycles. The zero-order chi connectivity index (χ0) is 25.6. The fraction of sp³-hybridized carbons (Fsp3) is 0.379. The van der Waals surface area contributed by atoms with Crippen LogP contribution in [-0.2, 0) is 19.9 Å². The Morgan fingerprint density at radius 2 is 1.68 bits per heavy atom. The van der Waals surface area contributed by atoms with Crippen molar-refractivity contribution in [3.05, 3.63) is 75.4 Å². The van der Waals surface area contributed by atoms with Gasteiger partial charge >= 0.3 is 0 Å². The number of hydrogen-bond acceptors (Lipinski definition) is 6. The molecule has 0 radical (unpaired) electrons. The number of nitrogens with one attached hydrogen (secondary N) is 2. The van der Waals surface area contributed by atoms with E-state index in [1.165, 1.54) is 35.2 Å². The van der Waals surface area contributed by atoms with Gasteiger partial charge in [-0.2, -0.15) is 0 Å². The summed E-state index contributed by atoms with van der Waals surface area (Å²) in [6.07, 6.45) is 12.3. The van der Waals surface area contributed by atoms with Crippen LogP contribution in [0.4, 0.5) is 11.6 Å². The van der Waals surface area contributed by atoms with E-state index in [0.29, 0.717) is 11.6 Å². The smallest absolute Gasteiger partial charge is 0.255 e. The lowest BCUT2D eigenvalue weighted by molar-refractivity contribution is 0.661. The molecule has 192 valence electrons. The second-order valence-corrected chi connectivity index (χ2v) is 10.1. The average Bonchev–Trinajstić information content (AvgIpc) is 2.92. The van der Waals surface area contributed by atoms with Crippen LogP contribution in [0.25, 0.3) is 22.2 Å². The molecule has 0 spiro atoms. The third-order valence-electron chi connectivity index (χ3n) is 7.02. The molecule has 3 aromatic heterocycles. The summed E-state index contributed by atoms with van der Waals surface area (Å²) in [7, 11) is 1.75. The molecule has 0 fully saturated rings. The van der Waals surface area contributed by atoms with Crippen molar-refractivity contribution in [1.29, 1.82) is 0 Å². The third kappa shape index (κ3) is 5.93. The van der Waals surface area contributed by atoms with Gasteiger partial charge in [-0.15, -0.1) is 0 Å². The largest absolute Gasteiger partial charge is 0.384 e. The molecule has 4 aromatic rings. The van der Waals surface area contributed by atoms with Gasteiger partial charge in [-0.25, -0.2) is 4.98 Å². The highest BCUT2D eigenvalue weighted by molar-refractivity contribution is 6.31. The topological polar surface area (TPSA) is 84.7 Å². The lowest BCUT2D eigenvalue weighted by atomic mass is 9.92. The molecule has 0 atom stereocenters. The molecular weight excluding hydrogens is 484 g/mol. The van der Waals surface area contributed by atoms with Crippen molar-refractivity contribution in [3.8, 4) is 11.3 Å². The summed E-state index contributed by atoms with van der Waals surface area (Å²) in [5, 5.41) is 8.98. The maximum atomic E-state index is 12.4. The predicted molar refractivity (Wildman–Crippen MR) is 152 cm³/mol. The van der Waals surface area contributed by atoms with Crippen LogP contribution in [0.5, 0.6) is 0 Å². The first-order chi connectivity index (χ1) is 18.1. The predicted octanol–water partition coefficient (Wildman–Crippen LogP) is 6.01.